The van der Waals surface area contributed by atoms with Gasteiger partial charge in [0.1, 0.15) is 0 Å². The summed E-state index contributed by atoms with van der Waals surface area (Å²) in [6, 6.07) is 9.93. The molecule has 2 saturated heterocycles. The SMILES string of the molecule is COc1cc([C@H]2C3=CC[C@@H]4C(=O)N(C(N)=O)C(=O)[C@@H]4[C@@H]3C[C@H]3C(=O)N(Nc4ncc(C(F)(F)F)cc4Cl)C(=O)[C@@]23c2ccc(Cl)cc2)ccc1O. The number of nitrogens with zero attached hydrogens (tertiary/aromatic N) is 3. The van der Waals surface area contributed by atoms with Gasteiger partial charge in [0, 0.05) is 17.1 Å². The van der Waals surface area contributed by atoms with Crippen LogP contribution in [0.5, 0.6) is 11.5 Å². The lowest BCUT2D eigenvalue weighted by Crippen LogP contribution is -2.53. The van der Waals surface area contributed by atoms with Crippen molar-refractivity contribution in [3.63, 3.8) is 0 Å². The number of hydrogen-bond acceptors (Lipinski definition) is 9. The van der Waals surface area contributed by atoms with Crippen LogP contribution in [0.1, 0.15) is 35.4 Å². The quantitative estimate of drug-likeness (QED) is 0.235. The molecule has 0 bridgehead atoms. The van der Waals surface area contributed by atoms with E-state index < -0.39 is 87.2 Å². The van der Waals surface area contributed by atoms with Gasteiger partial charge in [-0.25, -0.2) is 9.78 Å². The van der Waals surface area contributed by atoms with Crippen LogP contribution in [0.25, 0.3) is 0 Å². The lowest BCUT2D eigenvalue weighted by Gasteiger charge is -2.50. The molecule has 6 atom stereocenters. The molecule has 2 aromatic carbocycles. The van der Waals surface area contributed by atoms with Gasteiger partial charge >= 0.3 is 12.2 Å². The highest BCUT2D eigenvalue weighted by atomic mass is 35.5. The average Bonchev–Trinajstić information content (AvgIpc) is 3.46. The lowest BCUT2D eigenvalue weighted by molar-refractivity contribution is -0.140. The van der Waals surface area contributed by atoms with Gasteiger partial charge in [0.2, 0.25) is 11.8 Å². The number of primary amides is 1. The first-order valence-corrected chi connectivity index (χ1v) is 16.2. The Kier molecular flexibility index (Phi) is 8.06. The number of halogens is 5. The Morgan fingerprint density at radius 2 is 1.75 bits per heavy atom. The van der Waals surface area contributed by atoms with Gasteiger partial charge in [0.05, 0.1) is 40.9 Å². The highest BCUT2D eigenvalue weighted by molar-refractivity contribution is 6.33. The van der Waals surface area contributed by atoms with E-state index >= 15 is 4.79 Å². The van der Waals surface area contributed by atoms with Crippen molar-refractivity contribution in [1.29, 1.82) is 0 Å². The van der Waals surface area contributed by atoms with E-state index in [-0.39, 0.29) is 24.3 Å². The molecule has 3 fully saturated rings. The molecule has 1 aromatic heterocycles. The molecule has 3 heterocycles. The molecule has 0 spiro atoms. The third-order valence-electron chi connectivity index (χ3n) is 10.3. The number of anilines is 1. The zero-order valence-corrected chi connectivity index (χ0v) is 27.8. The number of hydrogen-bond donors (Lipinski definition) is 3. The van der Waals surface area contributed by atoms with E-state index in [9.17, 15) is 37.5 Å². The number of phenolic OH excluding ortho intramolecular Hbond substituents is 1. The fourth-order valence-corrected chi connectivity index (χ4v) is 8.58. The molecule has 7 rings (SSSR count). The number of pyridine rings is 1. The maximum absolute atomic E-state index is 15.1. The zero-order chi connectivity index (χ0) is 36.7. The number of aromatic hydroxyl groups is 1. The largest absolute Gasteiger partial charge is 0.504 e. The predicted octanol–water partition coefficient (Wildman–Crippen LogP) is 5.19. The van der Waals surface area contributed by atoms with Crippen molar-refractivity contribution < 1.29 is 47.0 Å². The third-order valence-corrected chi connectivity index (χ3v) is 10.9. The van der Waals surface area contributed by atoms with Crippen molar-refractivity contribution in [2.45, 2.75) is 30.4 Å². The summed E-state index contributed by atoms with van der Waals surface area (Å²) in [5.74, 6) is -9.13. The Balaban J connectivity index is 1.45. The summed E-state index contributed by atoms with van der Waals surface area (Å²) in [6.07, 6.45) is -2.70. The third kappa shape index (κ3) is 5.04. The van der Waals surface area contributed by atoms with Gasteiger partial charge < -0.3 is 15.6 Å². The van der Waals surface area contributed by atoms with Crippen molar-refractivity contribution >= 4 is 58.7 Å². The van der Waals surface area contributed by atoms with E-state index in [4.69, 9.17) is 33.7 Å². The number of imide groups is 4. The van der Waals surface area contributed by atoms with Crippen molar-refractivity contribution in [1.82, 2.24) is 14.9 Å². The fourth-order valence-electron chi connectivity index (χ4n) is 8.25. The van der Waals surface area contributed by atoms with Crippen LogP contribution in [-0.2, 0) is 30.8 Å². The van der Waals surface area contributed by atoms with E-state index in [1.165, 1.54) is 37.4 Å². The number of carbonyl (C=O) groups is 5. The summed E-state index contributed by atoms with van der Waals surface area (Å²) in [5.41, 5.74) is 6.23. The van der Waals surface area contributed by atoms with E-state index in [1.54, 1.807) is 18.2 Å². The second kappa shape index (κ2) is 12.0. The number of amides is 6. The maximum atomic E-state index is 15.1. The number of carbonyl (C=O) groups excluding carboxylic acids is 5. The number of nitrogens with one attached hydrogen (secondary N) is 1. The highest BCUT2D eigenvalue weighted by Crippen LogP contribution is 2.64. The first-order valence-electron chi connectivity index (χ1n) is 15.5. The minimum absolute atomic E-state index is 0.00706. The molecule has 51 heavy (non-hydrogen) atoms. The summed E-state index contributed by atoms with van der Waals surface area (Å²) >= 11 is 12.4. The molecular weight excluding hydrogens is 718 g/mol. The standard InChI is InChI=1S/C34H26Cl2F3N5O7/c1-51-24-10-14(2-9-23(24)45)26-18-7-8-19-25(30(48)43(28(19)46)32(40)50)20(18)12-21-29(47)44(31(49)33(21,26)15-3-5-17(35)6-4-15)42-27-22(36)11-16(13-41-27)34(37,38)39/h2-7,9-11,13,19-21,25-26,45H,8,12H2,1H3,(H2,40,50)(H,41,42)/t19-,20+,21-,25-,26-,33+/m0/s1. The Hall–Kier alpha value is -5.15. The number of likely N-dealkylation sites (tertiary alicyclic amines) is 1. The second-order valence-electron chi connectivity index (χ2n) is 12.7. The number of allylic oxidation sites excluding steroid dienone is 2. The molecule has 6 amide bonds. The number of rotatable bonds is 5. The number of urea groups is 1. The number of phenols is 1. The lowest BCUT2D eigenvalue weighted by atomic mass is 9.49. The molecule has 4 N–H and O–H groups in total. The molecular formula is C34H26Cl2F3N5O7. The molecule has 2 aliphatic heterocycles. The Labute approximate surface area is 296 Å². The van der Waals surface area contributed by atoms with Crippen molar-refractivity contribution in [3.05, 3.63) is 93.1 Å². The number of alkyl halides is 3. The number of hydrazine groups is 1. The van der Waals surface area contributed by atoms with Crippen LogP contribution in [0.2, 0.25) is 10.0 Å². The molecule has 0 radical (unpaired) electrons. The second-order valence-corrected chi connectivity index (χ2v) is 13.5. The van der Waals surface area contributed by atoms with Crippen LogP contribution >= 0.6 is 23.2 Å². The number of benzene rings is 2. The first-order chi connectivity index (χ1) is 24.1. The van der Waals surface area contributed by atoms with Gasteiger partial charge in [0.25, 0.3) is 11.8 Å². The summed E-state index contributed by atoms with van der Waals surface area (Å²) in [4.78, 5) is 73.1. The van der Waals surface area contributed by atoms with E-state index in [0.29, 0.717) is 43.9 Å². The maximum Gasteiger partial charge on any atom is 0.417 e. The number of methoxy groups -OCH3 is 1. The van der Waals surface area contributed by atoms with E-state index in [0.717, 1.165) is 0 Å². The summed E-state index contributed by atoms with van der Waals surface area (Å²) < 4.78 is 45.6. The molecule has 1 saturated carbocycles. The monoisotopic (exact) mass is 743 g/mol. The number of nitrogens with two attached hydrogens (primary N) is 1. The normalized spacial score (nSPS) is 27.2. The molecule has 2 aliphatic carbocycles. The molecule has 264 valence electrons. The molecule has 12 nitrogen and oxygen atoms in total. The molecule has 0 unspecified atom stereocenters. The fraction of sp³-hybridized carbons (Fsp3) is 0.294. The minimum atomic E-state index is -4.77. The van der Waals surface area contributed by atoms with Crippen LogP contribution in [0.15, 0.2) is 66.4 Å². The van der Waals surface area contributed by atoms with Crippen molar-refractivity contribution in [2.24, 2.45) is 29.4 Å². The zero-order valence-electron chi connectivity index (χ0n) is 26.3. The first kappa shape index (κ1) is 34.3. The summed E-state index contributed by atoms with van der Waals surface area (Å²) in [6.45, 7) is 0. The Morgan fingerprint density at radius 1 is 1.04 bits per heavy atom. The highest BCUT2D eigenvalue weighted by Gasteiger charge is 2.70. The van der Waals surface area contributed by atoms with Gasteiger partial charge in [-0.3, -0.25) is 24.6 Å². The topological polar surface area (TPSA) is 172 Å². The van der Waals surface area contributed by atoms with Crippen LogP contribution in [0.4, 0.5) is 23.8 Å². The minimum Gasteiger partial charge on any atom is -0.504 e. The van der Waals surface area contributed by atoms with Gasteiger partial charge in [-0.05, 0) is 60.2 Å². The van der Waals surface area contributed by atoms with Crippen LogP contribution in [-0.4, -0.2) is 56.8 Å². The Morgan fingerprint density at radius 3 is 2.37 bits per heavy atom. The number of aromatic nitrogens is 1. The molecule has 4 aliphatic rings. The van der Waals surface area contributed by atoms with Crippen molar-refractivity contribution in [3.8, 4) is 11.5 Å². The summed E-state index contributed by atoms with van der Waals surface area (Å²) in [5, 5.41) is 11.0. The number of fused-ring (bicyclic) bond motifs is 4. The molecule has 3 aromatic rings. The summed E-state index contributed by atoms with van der Waals surface area (Å²) in [7, 11) is 1.32. The van der Waals surface area contributed by atoms with Gasteiger partial charge in [0.15, 0.2) is 17.3 Å². The van der Waals surface area contributed by atoms with Crippen molar-refractivity contribution in [2.75, 3.05) is 12.5 Å². The van der Waals surface area contributed by atoms with Gasteiger partial charge in [-0.2, -0.15) is 23.1 Å². The van der Waals surface area contributed by atoms with E-state index in [2.05, 4.69) is 10.4 Å². The smallest absolute Gasteiger partial charge is 0.417 e. The van der Waals surface area contributed by atoms with Crippen LogP contribution in [0, 0.1) is 23.7 Å². The Bertz CT molecular complexity index is 2080. The number of ether oxygens (including phenoxy) is 1. The average molecular weight is 745 g/mol. The van der Waals surface area contributed by atoms with Gasteiger partial charge in [-0.1, -0.05) is 53.1 Å². The van der Waals surface area contributed by atoms with Crippen LogP contribution < -0.4 is 15.9 Å². The predicted molar refractivity (Wildman–Crippen MR) is 173 cm³/mol. The van der Waals surface area contributed by atoms with Gasteiger partial charge in [-0.15, -0.1) is 0 Å². The molecule has 17 heteroatoms. The van der Waals surface area contributed by atoms with Crippen LogP contribution in [0.3, 0.4) is 0 Å². The van der Waals surface area contributed by atoms with E-state index in [1.807, 2.05) is 0 Å².